The van der Waals surface area contributed by atoms with Gasteiger partial charge in [-0.2, -0.15) is 0 Å². The highest BCUT2D eigenvalue weighted by Crippen LogP contribution is 1.97. The fourth-order valence-corrected chi connectivity index (χ4v) is 2.06. The molecule has 1 heterocycles. The molecule has 0 atom stereocenters. The molecule has 33 heavy (non-hydrogen) atoms. The van der Waals surface area contributed by atoms with Gasteiger partial charge in [-0.1, -0.05) is 6.08 Å². The second-order valence-corrected chi connectivity index (χ2v) is 6.43. The summed E-state index contributed by atoms with van der Waals surface area (Å²) in [5.74, 6) is -4.81. The summed E-state index contributed by atoms with van der Waals surface area (Å²) in [7, 11) is 0. The minimum atomic E-state index is -0.757. The van der Waals surface area contributed by atoms with Crippen LogP contribution in [0.4, 0.5) is 0 Å². The van der Waals surface area contributed by atoms with Crippen LogP contribution in [0.15, 0.2) is 12.2 Å². The molecular weight excluding hydrogens is 442 g/mol. The van der Waals surface area contributed by atoms with Crippen LogP contribution in [0.5, 0.6) is 0 Å². The van der Waals surface area contributed by atoms with Crippen molar-refractivity contribution in [1.82, 2.24) is 26.6 Å². The van der Waals surface area contributed by atoms with Crippen LogP contribution in [-0.4, -0.2) is 87.4 Å². The summed E-state index contributed by atoms with van der Waals surface area (Å²) in [6, 6.07) is 0. The van der Waals surface area contributed by atoms with Crippen molar-refractivity contribution in [3.8, 4) is 0 Å². The summed E-state index contributed by atoms with van der Waals surface area (Å²) in [6.45, 7) is -2.68. The van der Waals surface area contributed by atoms with Crippen molar-refractivity contribution in [3.63, 3.8) is 0 Å². The molecule has 14 nitrogen and oxygen atoms in total. The number of cyclic esters (lactones) is 2. The van der Waals surface area contributed by atoms with Gasteiger partial charge < -0.3 is 36.1 Å². The maximum Gasteiger partial charge on any atom is 0.330 e. The molecule has 0 aliphatic carbocycles. The summed E-state index contributed by atoms with van der Waals surface area (Å²) in [5, 5.41) is 11.2. The van der Waals surface area contributed by atoms with Gasteiger partial charge in [0.25, 0.3) is 5.91 Å². The molecule has 0 saturated heterocycles. The van der Waals surface area contributed by atoms with E-state index in [4.69, 9.17) is 9.47 Å². The van der Waals surface area contributed by atoms with Crippen molar-refractivity contribution in [2.75, 3.05) is 45.9 Å². The first-order valence-corrected chi connectivity index (χ1v) is 9.90. The van der Waals surface area contributed by atoms with Gasteiger partial charge in [0, 0.05) is 6.08 Å². The fourth-order valence-electron chi connectivity index (χ4n) is 2.06. The minimum absolute atomic E-state index is 0.0666. The molecule has 1 radical (unpaired) electrons. The van der Waals surface area contributed by atoms with Gasteiger partial charge in [0.15, 0.2) is 6.61 Å². The molecule has 0 bridgehead atoms. The zero-order valence-corrected chi connectivity index (χ0v) is 17.8. The lowest BCUT2D eigenvalue weighted by Crippen LogP contribution is -2.46. The quantitative estimate of drug-likeness (QED) is 0.221. The van der Waals surface area contributed by atoms with Gasteiger partial charge in [-0.15, -0.1) is 0 Å². The third-order valence-corrected chi connectivity index (χ3v) is 3.70. The van der Waals surface area contributed by atoms with Crippen LogP contribution >= 0.6 is 0 Å². The van der Waals surface area contributed by atoms with Gasteiger partial charge in [0.2, 0.25) is 23.6 Å². The predicted molar refractivity (Wildman–Crippen MR) is 110 cm³/mol. The number of allylic oxidation sites excluding steroid dienone is 1. The Hall–Kier alpha value is -3.97. The average molecular weight is 468 g/mol. The lowest BCUT2D eigenvalue weighted by atomic mass is 10.2. The highest BCUT2D eigenvalue weighted by molar-refractivity contribution is 5.92. The average Bonchev–Trinajstić information content (AvgIpc) is 2.79. The van der Waals surface area contributed by atoms with Gasteiger partial charge in [-0.05, 0) is 19.3 Å². The number of hydrogen-bond acceptors (Lipinski definition) is 9. The molecular formula is C19H26N5O9. The molecule has 0 unspecified atom stereocenters. The van der Waals surface area contributed by atoms with Crippen LogP contribution in [0, 0.1) is 6.42 Å². The second-order valence-electron chi connectivity index (χ2n) is 6.43. The zero-order chi connectivity index (χ0) is 24.5. The van der Waals surface area contributed by atoms with Crippen LogP contribution in [0.25, 0.3) is 0 Å². The molecule has 0 spiro atoms. The van der Waals surface area contributed by atoms with Crippen molar-refractivity contribution < 1.29 is 43.0 Å². The van der Waals surface area contributed by atoms with E-state index < -0.39 is 74.3 Å². The van der Waals surface area contributed by atoms with Crippen molar-refractivity contribution in [2.45, 2.75) is 12.8 Å². The lowest BCUT2D eigenvalue weighted by Gasteiger charge is -2.09. The molecule has 1 rings (SSSR count). The molecule has 14 heteroatoms. The number of ether oxygens (including phenoxy) is 2. The molecule has 0 aromatic carbocycles. The number of carbonyl (C=O) groups excluding carboxylic acids is 7. The number of hydrogen-bond donors (Lipinski definition) is 5. The van der Waals surface area contributed by atoms with E-state index in [1.165, 1.54) is 6.08 Å². The third-order valence-electron chi connectivity index (χ3n) is 3.70. The van der Waals surface area contributed by atoms with Gasteiger partial charge in [0.05, 0.1) is 32.8 Å². The van der Waals surface area contributed by atoms with Crippen LogP contribution in [0.3, 0.4) is 0 Å². The van der Waals surface area contributed by atoms with E-state index in [1.807, 2.05) is 0 Å². The molecule has 0 aromatic rings. The Balaban J connectivity index is 2.53. The van der Waals surface area contributed by atoms with E-state index in [1.54, 1.807) is 6.42 Å². The van der Waals surface area contributed by atoms with E-state index in [2.05, 4.69) is 26.6 Å². The van der Waals surface area contributed by atoms with E-state index in [9.17, 15) is 33.6 Å². The van der Waals surface area contributed by atoms with E-state index in [0.717, 1.165) is 6.08 Å². The standard InChI is InChI=1S/C19H26N5O9/c25-13-8-21-15(27)10-23-17(29)12-33-18(30)5-3-1-2-4-6-32-19(31)11-24-16(28)9-22-14(26)7-20-13/h2-3,5H,1,4,6-12H2,(H,20,25)(H,21,27)(H,22,26)(H,23,29)(H,24,28)/b5-3-. The van der Waals surface area contributed by atoms with Crippen LogP contribution in [0.2, 0.25) is 0 Å². The van der Waals surface area contributed by atoms with Gasteiger partial charge >= 0.3 is 11.9 Å². The molecule has 5 N–H and O–H groups in total. The summed E-state index contributed by atoms with van der Waals surface area (Å²) in [5.41, 5.74) is 0. The van der Waals surface area contributed by atoms with E-state index in [-0.39, 0.29) is 13.2 Å². The number of rotatable bonds is 0. The number of carbonyl (C=O) groups is 7. The Morgan fingerprint density at radius 3 is 1.64 bits per heavy atom. The largest absolute Gasteiger partial charge is 0.464 e. The summed E-state index contributed by atoms with van der Waals surface area (Å²) in [4.78, 5) is 81.2. The van der Waals surface area contributed by atoms with Gasteiger partial charge in [-0.25, -0.2) is 4.79 Å². The van der Waals surface area contributed by atoms with E-state index in [0.29, 0.717) is 12.8 Å². The molecule has 181 valence electrons. The Bertz CT molecular complexity index is 782. The smallest absolute Gasteiger partial charge is 0.330 e. The fraction of sp³-hybridized carbons (Fsp3) is 0.474. The summed E-state index contributed by atoms with van der Waals surface area (Å²) >= 11 is 0. The van der Waals surface area contributed by atoms with Crippen molar-refractivity contribution in [3.05, 3.63) is 18.6 Å². The molecule has 0 saturated carbocycles. The molecule has 0 aromatic heterocycles. The van der Waals surface area contributed by atoms with Gasteiger partial charge in [-0.3, -0.25) is 28.8 Å². The topological polar surface area (TPSA) is 198 Å². The maximum absolute atomic E-state index is 11.6. The van der Waals surface area contributed by atoms with Crippen molar-refractivity contribution in [2.24, 2.45) is 0 Å². The molecule has 1 aliphatic rings. The van der Waals surface area contributed by atoms with Crippen LogP contribution in [0.1, 0.15) is 12.8 Å². The monoisotopic (exact) mass is 468 g/mol. The minimum Gasteiger partial charge on any atom is -0.464 e. The molecule has 5 amide bonds. The van der Waals surface area contributed by atoms with Crippen molar-refractivity contribution >= 4 is 41.5 Å². The molecule has 0 fully saturated rings. The first-order chi connectivity index (χ1) is 15.8. The Kier molecular flexibility index (Phi) is 12.9. The maximum atomic E-state index is 11.6. The highest BCUT2D eigenvalue weighted by Gasteiger charge is 2.12. The Morgan fingerprint density at radius 2 is 1.09 bits per heavy atom. The van der Waals surface area contributed by atoms with Crippen LogP contribution < -0.4 is 26.6 Å². The normalized spacial score (nSPS) is 20.7. The summed E-state index contributed by atoms with van der Waals surface area (Å²) in [6.07, 6.45) is 5.12. The van der Waals surface area contributed by atoms with E-state index >= 15 is 0 Å². The van der Waals surface area contributed by atoms with Gasteiger partial charge in [0.1, 0.15) is 6.54 Å². The summed E-state index contributed by atoms with van der Waals surface area (Å²) < 4.78 is 9.62. The first kappa shape index (κ1) is 27.1. The van der Waals surface area contributed by atoms with Crippen molar-refractivity contribution in [1.29, 1.82) is 0 Å². The molecule has 1 aliphatic heterocycles. The Morgan fingerprint density at radius 1 is 0.606 bits per heavy atom. The lowest BCUT2D eigenvalue weighted by molar-refractivity contribution is -0.144. The number of esters is 2. The van der Waals surface area contributed by atoms with Crippen LogP contribution in [-0.2, 0) is 43.0 Å². The third kappa shape index (κ3) is 14.6. The first-order valence-electron chi connectivity index (χ1n) is 9.90. The zero-order valence-electron chi connectivity index (χ0n) is 17.8. The number of nitrogens with one attached hydrogen (secondary N) is 5. The highest BCUT2D eigenvalue weighted by atomic mass is 16.5. The Labute approximate surface area is 189 Å². The number of amides is 5. The predicted octanol–water partition coefficient (Wildman–Crippen LogP) is -3.79. The SMILES string of the molecule is O=C1CNC(=O)CNC(=O)COC(=O)/C=C\C[CH]CCOC(=O)CNC(=O)CNC(=O)CN1. The second kappa shape index (κ2) is 15.8.